The molecule has 0 aliphatic carbocycles. The number of amides is 2. The van der Waals surface area contributed by atoms with Crippen molar-refractivity contribution in [3.8, 4) is 0 Å². The zero-order chi connectivity index (χ0) is 17.1. The number of nitrogens with zero attached hydrogens (tertiary/aromatic N) is 2. The standard InChI is InChI=1S/C18H21ClN2O3/c1-13-3-5-14(6-4-13)15-16(19)18(23)21(17(15)22)8-2-7-20-9-11-24-12-10-20/h3-6H,2,7-12H2,1H3. The van der Waals surface area contributed by atoms with E-state index in [0.717, 1.165) is 44.8 Å². The summed E-state index contributed by atoms with van der Waals surface area (Å²) in [7, 11) is 0. The second kappa shape index (κ2) is 7.47. The second-order valence-electron chi connectivity index (χ2n) is 6.12. The van der Waals surface area contributed by atoms with Crippen molar-refractivity contribution in [1.82, 2.24) is 9.80 Å². The van der Waals surface area contributed by atoms with Crippen LogP contribution in [0.25, 0.3) is 5.57 Å². The summed E-state index contributed by atoms with van der Waals surface area (Å²) in [5, 5.41) is 0.0234. The number of halogens is 1. The van der Waals surface area contributed by atoms with Crippen LogP contribution in [0.5, 0.6) is 0 Å². The Kier molecular flexibility index (Phi) is 5.33. The third-order valence-corrected chi connectivity index (χ3v) is 4.76. The maximum absolute atomic E-state index is 12.6. The summed E-state index contributed by atoms with van der Waals surface area (Å²) in [5.41, 5.74) is 2.10. The molecule has 2 heterocycles. The average Bonchev–Trinajstić information content (AvgIpc) is 2.80. The fourth-order valence-electron chi connectivity index (χ4n) is 3.00. The molecule has 1 aromatic rings. The number of imide groups is 1. The molecule has 24 heavy (non-hydrogen) atoms. The van der Waals surface area contributed by atoms with Crippen molar-refractivity contribution in [3.05, 3.63) is 40.4 Å². The molecule has 0 radical (unpaired) electrons. The summed E-state index contributed by atoms with van der Waals surface area (Å²) in [4.78, 5) is 28.5. The minimum atomic E-state index is -0.390. The van der Waals surface area contributed by atoms with Gasteiger partial charge in [-0.05, 0) is 18.9 Å². The van der Waals surface area contributed by atoms with Gasteiger partial charge in [-0.2, -0.15) is 0 Å². The highest BCUT2D eigenvalue weighted by Gasteiger charge is 2.37. The summed E-state index contributed by atoms with van der Waals surface area (Å²) in [5.74, 6) is -0.685. The Morgan fingerprint density at radius 1 is 1.04 bits per heavy atom. The maximum Gasteiger partial charge on any atom is 0.273 e. The first-order chi connectivity index (χ1) is 11.6. The topological polar surface area (TPSA) is 49.9 Å². The molecule has 2 amide bonds. The van der Waals surface area contributed by atoms with Crippen LogP contribution in [0.4, 0.5) is 0 Å². The molecule has 1 fully saturated rings. The number of rotatable bonds is 5. The predicted octanol–water partition coefficient (Wildman–Crippen LogP) is 2.04. The molecule has 1 saturated heterocycles. The molecule has 0 saturated carbocycles. The third kappa shape index (κ3) is 3.53. The lowest BCUT2D eigenvalue weighted by Gasteiger charge is -2.27. The monoisotopic (exact) mass is 348 g/mol. The number of benzene rings is 1. The quantitative estimate of drug-likeness (QED) is 0.764. The molecular weight excluding hydrogens is 328 g/mol. The lowest BCUT2D eigenvalue weighted by molar-refractivity contribution is -0.136. The molecule has 0 atom stereocenters. The molecule has 0 bridgehead atoms. The number of ether oxygens (including phenoxy) is 1. The van der Waals surface area contributed by atoms with Gasteiger partial charge in [0.1, 0.15) is 5.03 Å². The van der Waals surface area contributed by atoms with Crippen LogP contribution in [0.15, 0.2) is 29.3 Å². The normalized spacial score (nSPS) is 19.5. The molecule has 2 aliphatic heterocycles. The van der Waals surface area contributed by atoms with Crippen molar-refractivity contribution in [2.45, 2.75) is 13.3 Å². The van der Waals surface area contributed by atoms with Crippen molar-refractivity contribution >= 4 is 29.0 Å². The Balaban J connectivity index is 1.63. The Bertz CT molecular complexity index is 663. The first kappa shape index (κ1) is 17.1. The van der Waals surface area contributed by atoms with Gasteiger partial charge < -0.3 is 4.74 Å². The minimum absolute atomic E-state index is 0.0234. The lowest BCUT2D eigenvalue weighted by Crippen LogP contribution is -2.39. The van der Waals surface area contributed by atoms with E-state index in [1.54, 1.807) is 0 Å². The van der Waals surface area contributed by atoms with Gasteiger partial charge in [0, 0.05) is 26.2 Å². The largest absolute Gasteiger partial charge is 0.379 e. The van der Waals surface area contributed by atoms with Crippen LogP contribution in [0, 0.1) is 6.92 Å². The first-order valence-corrected chi connectivity index (χ1v) is 8.59. The number of carbonyl (C=O) groups is 2. The van der Waals surface area contributed by atoms with Gasteiger partial charge >= 0.3 is 0 Å². The third-order valence-electron chi connectivity index (χ3n) is 4.41. The van der Waals surface area contributed by atoms with E-state index >= 15 is 0 Å². The smallest absolute Gasteiger partial charge is 0.273 e. The van der Waals surface area contributed by atoms with Gasteiger partial charge in [-0.1, -0.05) is 41.4 Å². The Morgan fingerprint density at radius 3 is 2.38 bits per heavy atom. The SMILES string of the molecule is Cc1ccc(C2=C(Cl)C(=O)N(CCCN3CCOCC3)C2=O)cc1. The summed E-state index contributed by atoms with van der Waals surface area (Å²) in [6.07, 6.45) is 0.739. The van der Waals surface area contributed by atoms with Crippen LogP contribution >= 0.6 is 11.6 Å². The summed E-state index contributed by atoms with van der Waals surface area (Å²) in [6, 6.07) is 7.47. The molecule has 0 N–H and O–H groups in total. The first-order valence-electron chi connectivity index (χ1n) is 8.21. The lowest BCUT2D eigenvalue weighted by atomic mass is 10.0. The highest BCUT2D eigenvalue weighted by Crippen LogP contribution is 2.31. The Labute approximate surface area is 146 Å². The van der Waals surface area contributed by atoms with Gasteiger partial charge in [-0.25, -0.2) is 0 Å². The molecule has 128 valence electrons. The van der Waals surface area contributed by atoms with Gasteiger partial charge in [-0.15, -0.1) is 0 Å². The highest BCUT2D eigenvalue weighted by atomic mass is 35.5. The number of hydrogen-bond acceptors (Lipinski definition) is 4. The van der Waals surface area contributed by atoms with Crippen molar-refractivity contribution in [2.75, 3.05) is 39.4 Å². The van der Waals surface area contributed by atoms with Crippen LogP contribution in [0.1, 0.15) is 17.5 Å². The van der Waals surface area contributed by atoms with Crippen LogP contribution in [-0.2, 0) is 14.3 Å². The van der Waals surface area contributed by atoms with E-state index in [2.05, 4.69) is 4.90 Å². The highest BCUT2D eigenvalue weighted by molar-refractivity contribution is 6.55. The van der Waals surface area contributed by atoms with Gasteiger partial charge in [0.25, 0.3) is 11.8 Å². The number of aryl methyl sites for hydroxylation is 1. The van der Waals surface area contributed by atoms with E-state index in [-0.39, 0.29) is 16.8 Å². The summed E-state index contributed by atoms with van der Waals surface area (Å²) in [6.45, 7) is 6.49. The van der Waals surface area contributed by atoms with Crippen molar-refractivity contribution < 1.29 is 14.3 Å². The van der Waals surface area contributed by atoms with E-state index in [1.807, 2.05) is 31.2 Å². The molecule has 2 aliphatic rings. The van der Waals surface area contributed by atoms with Gasteiger partial charge in [0.15, 0.2) is 0 Å². The molecule has 1 aromatic carbocycles. The second-order valence-corrected chi connectivity index (χ2v) is 6.50. The van der Waals surface area contributed by atoms with E-state index < -0.39 is 0 Å². The molecule has 6 heteroatoms. The molecule has 5 nitrogen and oxygen atoms in total. The summed E-state index contributed by atoms with van der Waals surface area (Å²) < 4.78 is 5.31. The van der Waals surface area contributed by atoms with Crippen molar-refractivity contribution in [2.24, 2.45) is 0 Å². The Hall–Kier alpha value is -1.69. The van der Waals surface area contributed by atoms with E-state index in [1.165, 1.54) is 4.90 Å². The van der Waals surface area contributed by atoms with Gasteiger partial charge in [0.2, 0.25) is 0 Å². The Morgan fingerprint density at radius 2 is 1.71 bits per heavy atom. The average molecular weight is 349 g/mol. The summed E-state index contributed by atoms with van der Waals surface area (Å²) >= 11 is 6.16. The van der Waals surface area contributed by atoms with Gasteiger partial charge in [0.05, 0.1) is 18.8 Å². The van der Waals surface area contributed by atoms with E-state index in [9.17, 15) is 9.59 Å². The maximum atomic E-state index is 12.6. The van der Waals surface area contributed by atoms with Crippen LogP contribution in [0.3, 0.4) is 0 Å². The van der Waals surface area contributed by atoms with Crippen molar-refractivity contribution in [3.63, 3.8) is 0 Å². The fourth-order valence-corrected chi connectivity index (χ4v) is 3.29. The zero-order valence-electron chi connectivity index (χ0n) is 13.8. The van der Waals surface area contributed by atoms with Crippen LogP contribution < -0.4 is 0 Å². The molecule has 0 unspecified atom stereocenters. The number of carbonyl (C=O) groups excluding carboxylic acids is 2. The van der Waals surface area contributed by atoms with Crippen LogP contribution in [0.2, 0.25) is 0 Å². The number of hydrogen-bond donors (Lipinski definition) is 0. The van der Waals surface area contributed by atoms with Crippen LogP contribution in [-0.4, -0.2) is 61.0 Å². The van der Waals surface area contributed by atoms with E-state index in [4.69, 9.17) is 16.3 Å². The van der Waals surface area contributed by atoms with E-state index in [0.29, 0.717) is 17.7 Å². The number of morpholine rings is 1. The molecule has 0 spiro atoms. The van der Waals surface area contributed by atoms with Crippen molar-refractivity contribution in [1.29, 1.82) is 0 Å². The minimum Gasteiger partial charge on any atom is -0.379 e. The molecule has 3 rings (SSSR count). The molecule has 0 aromatic heterocycles. The fraction of sp³-hybridized carbons (Fsp3) is 0.444. The zero-order valence-corrected chi connectivity index (χ0v) is 14.5. The van der Waals surface area contributed by atoms with Gasteiger partial charge in [-0.3, -0.25) is 19.4 Å². The molecular formula is C18H21ClN2O3. The predicted molar refractivity (Wildman–Crippen MR) is 92.5 cm³/mol.